The monoisotopic (exact) mass is 398 g/mol. The van der Waals surface area contributed by atoms with E-state index in [1.807, 2.05) is 0 Å². The molecule has 0 aliphatic carbocycles. The van der Waals surface area contributed by atoms with E-state index in [9.17, 15) is 17.6 Å². The molecule has 0 saturated heterocycles. The van der Waals surface area contributed by atoms with Crippen LogP contribution in [0.5, 0.6) is 0 Å². The summed E-state index contributed by atoms with van der Waals surface area (Å²) in [6.07, 6.45) is 1.34. The van der Waals surface area contributed by atoms with Gasteiger partial charge in [-0.2, -0.15) is 0 Å². The number of benzene rings is 2. The van der Waals surface area contributed by atoms with Crippen LogP contribution in [0.3, 0.4) is 0 Å². The number of amides is 1. The number of carbonyl (C=O) groups is 1. The zero-order chi connectivity index (χ0) is 19.3. The average Bonchev–Trinajstić information content (AvgIpc) is 2.59. The third kappa shape index (κ3) is 5.19. The van der Waals surface area contributed by atoms with Gasteiger partial charge in [-0.05, 0) is 48.4 Å². The Bertz CT molecular complexity index is 855. The molecule has 0 bridgehead atoms. The molecule has 2 rings (SSSR count). The van der Waals surface area contributed by atoms with E-state index in [4.69, 9.17) is 11.6 Å². The summed E-state index contributed by atoms with van der Waals surface area (Å²) in [7, 11) is -3.70. The number of anilines is 1. The van der Waals surface area contributed by atoms with Crippen LogP contribution >= 0.6 is 11.6 Å². The molecule has 2 aromatic rings. The van der Waals surface area contributed by atoms with Gasteiger partial charge in [0.15, 0.2) is 0 Å². The lowest BCUT2D eigenvalue weighted by Gasteiger charge is -2.30. The Morgan fingerprint density at radius 1 is 1.15 bits per heavy atom. The predicted octanol–water partition coefficient (Wildman–Crippen LogP) is 3.34. The maximum absolute atomic E-state index is 13.0. The van der Waals surface area contributed by atoms with E-state index >= 15 is 0 Å². The van der Waals surface area contributed by atoms with Crippen molar-refractivity contribution < 1.29 is 17.6 Å². The highest BCUT2D eigenvalue weighted by Crippen LogP contribution is 2.24. The van der Waals surface area contributed by atoms with Crippen LogP contribution in [0.4, 0.5) is 10.1 Å². The van der Waals surface area contributed by atoms with Crippen LogP contribution in [0.15, 0.2) is 48.5 Å². The molecule has 1 amide bonds. The molecule has 0 radical (unpaired) electrons. The highest BCUT2D eigenvalue weighted by Gasteiger charge is 2.31. The molecule has 0 saturated carbocycles. The lowest BCUT2D eigenvalue weighted by Crippen LogP contribution is -2.49. The first kappa shape index (κ1) is 20.2. The average molecular weight is 399 g/mol. The summed E-state index contributed by atoms with van der Waals surface area (Å²) >= 11 is 5.86. The maximum Gasteiger partial charge on any atom is 0.244 e. The Labute approximate surface area is 157 Å². The van der Waals surface area contributed by atoms with Crippen LogP contribution < -0.4 is 9.62 Å². The van der Waals surface area contributed by atoms with Crippen LogP contribution in [0.2, 0.25) is 5.02 Å². The number of rotatable bonds is 7. The molecule has 2 aromatic carbocycles. The fourth-order valence-electron chi connectivity index (χ4n) is 2.56. The molecule has 26 heavy (non-hydrogen) atoms. The normalized spacial score (nSPS) is 12.5. The second kappa shape index (κ2) is 8.51. The zero-order valence-corrected chi connectivity index (χ0v) is 16.0. The summed E-state index contributed by atoms with van der Waals surface area (Å²) in [6, 6.07) is 11.1. The molecule has 0 heterocycles. The number of carbonyl (C=O) groups excluding carboxylic acids is 1. The minimum absolute atomic E-state index is 0.174. The fraction of sp³-hybridized carbons (Fsp3) is 0.278. The van der Waals surface area contributed by atoms with Gasteiger partial charge in [0.1, 0.15) is 11.9 Å². The van der Waals surface area contributed by atoms with E-state index in [0.717, 1.165) is 10.6 Å². The maximum atomic E-state index is 13.0. The summed E-state index contributed by atoms with van der Waals surface area (Å²) in [5.41, 5.74) is 1.08. The van der Waals surface area contributed by atoms with Crippen molar-refractivity contribution in [2.24, 2.45) is 0 Å². The first-order valence-electron chi connectivity index (χ1n) is 7.99. The number of hydrogen-bond donors (Lipinski definition) is 1. The lowest BCUT2D eigenvalue weighted by molar-refractivity contribution is -0.122. The largest absolute Gasteiger partial charge is 0.350 e. The summed E-state index contributed by atoms with van der Waals surface area (Å²) in [4.78, 5) is 12.6. The van der Waals surface area contributed by atoms with Gasteiger partial charge >= 0.3 is 0 Å². The van der Waals surface area contributed by atoms with Crippen molar-refractivity contribution in [2.75, 3.05) is 10.6 Å². The smallest absolute Gasteiger partial charge is 0.244 e. The van der Waals surface area contributed by atoms with Crippen molar-refractivity contribution in [1.82, 2.24) is 5.32 Å². The molecule has 5 nitrogen and oxygen atoms in total. The minimum atomic E-state index is -3.70. The SMILES string of the molecule is CCC(C(=O)NCc1ccc(F)cc1)N(c1ccc(Cl)cc1)S(C)(=O)=O. The van der Waals surface area contributed by atoms with Gasteiger partial charge in [0.05, 0.1) is 11.9 Å². The standard InChI is InChI=1S/C18H20ClFN2O3S/c1-3-17(18(23)21-12-13-4-8-15(20)9-5-13)22(26(2,24)25)16-10-6-14(19)7-11-16/h4-11,17H,3,12H2,1-2H3,(H,21,23). The van der Waals surface area contributed by atoms with E-state index in [2.05, 4.69) is 5.32 Å². The van der Waals surface area contributed by atoms with Gasteiger partial charge in [0, 0.05) is 11.6 Å². The summed E-state index contributed by atoms with van der Waals surface area (Å²) in [5.74, 6) is -0.797. The molecule has 1 unspecified atom stereocenters. The molecule has 1 N–H and O–H groups in total. The van der Waals surface area contributed by atoms with Gasteiger partial charge in [-0.1, -0.05) is 30.7 Å². The van der Waals surface area contributed by atoms with Crippen molar-refractivity contribution in [2.45, 2.75) is 25.9 Å². The van der Waals surface area contributed by atoms with E-state index in [1.54, 1.807) is 43.3 Å². The molecule has 8 heteroatoms. The van der Waals surface area contributed by atoms with Gasteiger partial charge in [0.2, 0.25) is 15.9 Å². The van der Waals surface area contributed by atoms with Crippen molar-refractivity contribution in [3.05, 3.63) is 64.9 Å². The molecular weight excluding hydrogens is 379 g/mol. The van der Waals surface area contributed by atoms with Gasteiger partial charge in [-0.15, -0.1) is 0 Å². The Balaban J connectivity index is 2.22. The second-order valence-corrected chi connectivity index (χ2v) is 8.10. The van der Waals surface area contributed by atoms with Crippen molar-refractivity contribution in [3.8, 4) is 0 Å². The first-order chi connectivity index (χ1) is 12.2. The van der Waals surface area contributed by atoms with Crippen LogP contribution in [0.25, 0.3) is 0 Å². The zero-order valence-electron chi connectivity index (χ0n) is 14.4. The highest BCUT2D eigenvalue weighted by atomic mass is 35.5. The van der Waals surface area contributed by atoms with Crippen LogP contribution in [0, 0.1) is 5.82 Å². The molecule has 0 aliphatic heterocycles. The number of sulfonamides is 1. The predicted molar refractivity (Wildman–Crippen MR) is 101 cm³/mol. The first-order valence-corrected chi connectivity index (χ1v) is 10.2. The second-order valence-electron chi connectivity index (χ2n) is 5.80. The van der Waals surface area contributed by atoms with E-state index in [1.165, 1.54) is 12.1 Å². The number of halogens is 2. The molecule has 140 valence electrons. The van der Waals surface area contributed by atoms with Crippen LogP contribution in [0.1, 0.15) is 18.9 Å². The Morgan fingerprint density at radius 3 is 2.23 bits per heavy atom. The summed E-state index contributed by atoms with van der Waals surface area (Å²) < 4.78 is 38.6. The van der Waals surface area contributed by atoms with Gasteiger partial charge in [-0.25, -0.2) is 12.8 Å². The van der Waals surface area contributed by atoms with Gasteiger partial charge in [0.25, 0.3) is 0 Å². The summed E-state index contributed by atoms with van der Waals surface area (Å²) in [5, 5.41) is 3.18. The minimum Gasteiger partial charge on any atom is -0.350 e. The number of hydrogen-bond acceptors (Lipinski definition) is 3. The Hall–Kier alpha value is -2.12. The van der Waals surface area contributed by atoms with Gasteiger partial charge in [-0.3, -0.25) is 9.10 Å². The summed E-state index contributed by atoms with van der Waals surface area (Å²) in [6.45, 7) is 1.91. The molecule has 0 aromatic heterocycles. The third-order valence-electron chi connectivity index (χ3n) is 3.79. The van der Waals surface area contributed by atoms with E-state index in [-0.39, 0.29) is 18.8 Å². The Morgan fingerprint density at radius 2 is 1.73 bits per heavy atom. The molecule has 0 spiro atoms. The van der Waals surface area contributed by atoms with Crippen molar-refractivity contribution in [1.29, 1.82) is 0 Å². The van der Waals surface area contributed by atoms with Crippen LogP contribution in [-0.4, -0.2) is 26.6 Å². The molecule has 1 atom stereocenters. The Kier molecular flexibility index (Phi) is 6.61. The highest BCUT2D eigenvalue weighted by molar-refractivity contribution is 7.92. The van der Waals surface area contributed by atoms with Crippen LogP contribution in [-0.2, 0) is 21.4 Å². The third-order valence-corrected chi connectivity index (χ3v) is 5.22. The van der Waals surface area contributed by atoms with E-state index < -0.39 is 22.0 Å². The molecule has 0 fully saturated rings. The fourth-order valence-corrected chi connectivity index (χ4v) is 3.90. The topological polar surface area (TPSA) is 66.5 Å². The number of nitrogens with one attached hydrogen (secondary N) is 1. The van der Waals surface area contributed by atoms with Gasteiger partial charge < -0.3 is 5.32 Å². The quantitative estimate of drug-likeness (QED) is 0.777. The number of nitrogens with zero attached hydrogens (tertiary/aromatic N) is 1. The van der Waals surface area contributed by atoms with Crippen molar-refractivity contribution >= 4 is 33.2 Å². The lowest BCUT2D eigenvalue weighted by atomic mass is 10.1. The molecular formula is C18H20ClFN2O3S. The molecule has 0 aliphatic rings. The van der Waals surface area contributed by atoms with Crippen molar-refractivity contribution in [3.63, 3.8) is 0 Å². The van der Waals surface area contributed by atoms with E-state index in [0.29, 0.717) is 16.3 Å².